The van der Waals surface area contributed by atoms with E-state index in [1.165, 1.54) is 5.56 Å². The van der Waals surface area contributed by atoms with Crippen LogP contribution in [0.1, 0.15) is 11.1 Å². The number of H-pyrrole nitrogens is 1. The minimum atomic E-state index is 0.549. The smallest absolute Gasteiger partial charge is 0.171 e. The van der Waals surface area contributed by atoms with Crippen molar-refractivity contribution >= 4 is 38.7 Å². The molecule has 1 heterocycles. The average molecular weight is 348 g/mol. The van der Waals surface area contributed by atoms with Gasteiger partial charge in [0.15, 0.2) is 5.16 Å². The molecule has 2 aromatic carbocycles. The van der Waals surface area contributed by atoms with E-state index in [-0.39, 0.29) is 0 Å². The van der Waals surface area contributed by atoms with Crippen molar-refractivity contribution in [2.75, 3.05) is 0 Å². The SMILES string of the molecule is Cc1ccc2nc(Sc3ccc(CN)cc3Br)[nH]c2c1. The highest BCUT2D eigenvalue weighted by Crippen LogP contribution is 2.33. The van der Waals surface area contributed by atoms with E-state index in [1.54, 1.807) is 11.8 Å². The van der Waals surface area contributed by atoms with Gasteiger partial charge >= 0.3 is 0 Å². The molecule has 0 amide bonds. The third kappa shape index (κ3) is 2.75. The van der Waals surface area contributed by atoms with Crippen LogP contribution in [0, 0.1) is 6.92 Å². The summed E-state index contributed by atoms with van der Waals surface area (Å²) >= 11 is 5.19. The fourth-order valence-electron chi connectivity index (χ4n) is 2.01. The van der Waals surface area contributed by atoms with Crippen molar-refractivity contribution in [3.05, 3.63) is 52.0 Å². The molecule has 5 heteroatoms. The highest BCUT2D eigenvalue weighted by Gasteiger charge is 2.08. The van der Waals surface area contributed by atoms with Crippen molar-refractivity contribution in [1.29, 1.82) is 0 Å². The van der Waals surface area contributed by atoms with Crippen LogP contribution in [0.3, 0.4) is 0 Å². The van der Waals surface area contributed by atoms with Gasteiger partial charge in [-0.15, -0.1) is 0 Å². The van der Waals surface area contributed by atoms with Crippen molar-refractivity contribution < 1.29 is 0 Å². The molecule has 20 heavy (non-hydrogen) atoms. The van der Waals surface area contributed by atoms with Crippen molar-refractivity contribution in [3.8, 4) is 0 Å². The Morgan fingerprint density at radius 2 is 2.10 bits per heavy atom. The van der Waals surface area contributed by atoms with Crippen molar-refractivity contribution in [1.82, 2.24) is 9.97 Å². The quantitative estimate of drug-likeness (QED) is 0.744. The van der Waals surface area contributed by atoms with E-state index in [1.807, 2.05) is 12.1 Å². The fraction of sp³-hybridized carbons (Fsp3) is 0.133. The number of aromatic amines is 1. The Kier molecular flexibility index (Phi) is 3.83. The van der Waals surface area contributed by atoms with Crippen LogP contribution in [0.4, 0.5) is 0 Å². The first-order valence-corrected chi connectivity index (χ1v) is 7.89. The zero-order chi connectivity index (χ0) is 14.1. The van der Waals surface area contributed by atoms with Gasteiger partial charge in [-0.2, -0.15) is 0 Å². The molecule has 3 nitrogen and oxygen atoms in total. The summed E-state index contributed by atoms with van der Waals surface area (Å²) in [5.74, 6) is 0. The highest BCUT2D eigenvalue weighted by atomic mass is 79.9. The fourth-order valence-corrected chi connectivity index (χ4v) is 3.48. The first-order chi connectivity index (χ1) is 9.65. The predicted octanol–water partition coefficient (Wildman–Crippen LogP) is 4.24. The summed E-state index contributed by atoms with van der Waals surface area (Å²) in [7, 11) is 0. The Balaban J connectivity index is 1.92. The summed E-state index contributed by atoms with van der Waals surface area (Å²) < 4.78 is 1.04. The minimum Gasteiger partial charge on any atom is -0.333 e. The van der Waals surface area contributed by atoms with E-state index in [0.29, 0.717) is 6.54 Å². The third-order valence-electron chi connectivity index (χ3n) is 3.05. The number of nitrogens with one attached hydrogen (secondary N) is 1. The molecule has 0 unspecified atom stereocenters. The monoisotopic (exact) mass is 347 g/mol. The molecule has 0 bridgehead atoms. The van der Waals surface area contributed by atoms with Gasteiger partial charge in [0, 0.05) is 15.9 Å². The maximum absolute atomic E-state index is 5.64. The van der Waals surface area contributed by atoms with Crippen molar-refractivity contribution in [2.45, 2.75) is 23.5 Å². The second-order valence-corrected chi connectivity index (χ2v) is 6.52. The number of aromatic nitrogens is 2. The van der Waals surface area contributed by atoms with Crippen LogP contribution in [0.25, 0.3) is 11.0 Å². The van der Waals surface area contributed by atoms with Crippen LogP contribution in [-0.4, -0.2) is 9.97 Å². The number of aryl methyl sites for hydroxylation is 1. The zero-order valence-corrected chi connectivity index (χ0v) is 13.4. The lowest BCUT2D eigenvalue weighted by molar-refractivity contribution is 1.05. The van der Waals surface area contributed by atoms with E-state index in [4.69, 9.17) is 5.73 Å². The molecule has 1 aromatic heterocycles. The number of hydrogen-bond donors (Lipinski definition) is 2. The maximum atomic E-state index is 5.64. The molecule has 0 fully saturated rings. The Bertz CT molecular complexity index is 767. The molecule has 3 rings (SSSR count). The number of imidazole rings is 1. The largest absolute Gasteiger partial charge is 0.333 e. The Labute approximate surface area is 130 Å². The van der Waals surface area contributed by atoms with Crippen LogP contribution >= 0.6 is 27.7 Å². The maximum Gasteiger partial charge on any atom is 0.171 e. The molecule has 0 aliphatic heterocycles. The summed E-state index contributed by atoms with van der Waals surface area (Å²) in [6.45, 7) is 2.63. The Morgan fingerprint density at radius 3 is 2.85 bits per heavy atom. The van der Waals surface area contributed by atoms with E-state index in [0.717, 1.165) is 31.1 Å². The van der Waals surface area contributed by atoms with Gasteiger partial charge in [-0.25, -0.2) is 4.98 Å². The van der Waals surface area contributed by atoms with Crippen LogP contribution in [0.15, 0.2) is 50.9 Å². The van der Waals surface area contributed by atoms with E-state index in [9.17, 15) is 0 Å². The molecule has 0 saturated carbocycles. The number of rotatable bonds is 3. The molecule has 0 spiro atoms. The summed E-state index contributed by atoms with van der Waals surface area (Å²) in [5.41, 5.74) is 10.0. The molecule has 0 aliphatic carbocycles. The second kappa shape index (κ2) is 5.60. The topological polar surface area (TPSA) is 54.7 Å². The number of nitrogens with zero attached hydrogens (tertiary/aromatic N) is 1. The van der Waals surface area contributed by atoms with Crippen molar-refractivity contribution in [2.24, 2.45) is 5.73 Å². The Morgan fingerprint density at radius 1 is 1.25 bits per heavy atom. The number of fused-ring (bicyclic) bond motifs is 1. The first-order valence-electron chi connectivity index (χ1n) is 6.28. The Hall–Kier alpha value is -1.30. The lowest BCUT2D eigenvalue weighted by atomic mass is 10.2. The standard InChI is InChI=1S/C15H14BrN3S/c1-9-2-4-12-13(6-9)19-15(18-12)20-14-5-3-10(8-17)7-11(14)16/h2-7H,8,17H2,1H3,(H,18,19). The van der Waals surface area contributed by atoms with E-state index < -0.39 is 0 Å². The van der Waals surface area contributed by atoms with Gasteiger partial charge < -0.3 is 10.7 Å². The summed E-state index contributed by atoms with van der Waals surface area (Å²) in [4.78, 5) is 9.06. The molecule has 3 N–H and O–H groups in total. The first kappa shape index (κ1) is 13.7. The lowest BCUT2D eigenvalue weighted by Gasteiger charge is -2.04. The van der Waals surface area contributed by atoms with Gasteiger partial charge in [-0.05, 0) is 58.2 Å². The molecular weight excluding hydrogens is 334 g/mol. The molecule has 0 atom stereocenters. The second-order valence-electron chi connectivity index (χ2n) is 4.63. The highest BCUT2D eigenvalue weighted by molar-refractivity contribution is 9.10. The van der Waals surface area contributed by atoms with Gasteiger partial charge in [-0.3, -0.25) is 0 Å². The molecule has 102 valence electrons. The minimum absolute atomic E-state index is 0.549. The van der Waals surface area contributed by atoms with Crippen LogP contribution in [-0.2, 0) is 6.54 Å². The zero-order valence-electron chi connectivity index (χ0n) is 11.0. The van der Waals surface area contributed by atoms with Crippen LogP contribution < -0.4 is 5.73 Å². The molecule has 3 aromatic rings. The average Bonchev–Trinajstić information content (AvgIpc) is 2.82. The van der Waals surface area contributed by atoms with Gasteiger partial charge in [0.1, 0.15) is 0 Å². The number of hydrogen-bond acceptors (Lipinski definition) is 3. The third-order valence-corrected chi connectivity index (χ3v) is 4.94. The summed E-state index contributed by atoms with van der Waals surface area (Å²) in [6, 6.07) is 12.4. The van der Waals surface area contributed by atoms with Gasteiger partial charge in [0.2, 0.25) is 0 Å². The van der Waals surface area contributed by atoms with Gasteiger partial charge in [0.25, 0.3) is 0 Å². The number of nitrogens with two attached hydrogens (primary N) is 1. The van der Waals surface area contributed by atoms with Crippen LogP contribution in [0.2, 0.25) is 0 Å². The van der Waals surface area contributed by atoms with Gasteiger partial charge in [0.05, 0.1) is 11.0 Å². The molecule has 0 saturated heterocycles. The predicted molar refractivity (Wildman–Crippen MR) is 87.0 cm³/mol. The molecular formula is C15H14BrN3S. The molecule has 0 aliphatic rings. The van der Waals surface area contributed by atoms with Crippen molar-refractivity contribution in [3.63, 3.8) is 0 Å². The molecule has 0 radical (unpaired) electrons. The number of benzene rings is 2. The van der Waals surface area contributed by atoms with Gasteiger partial charge in [-0.1, -0.05) is 23.9 Å². The lowest BCUT2D eigenvalue weighted by Crippen LogP contribution is -1.95. The van der Waals surface area contributed by atoms with Crippen LogP contribution in [0.5, 0.6) is 0 Å². The van der Waals surface area contributed by atoms with E-state index >= 15 is 0 Å². The summed E-state index contributed by atoms with van der Waals surface area (Å²) in [6.07, 6.45) is 0. The summed E-state index contributed by atoms with van der Waals surface area (Å²) in [5, 5.41) is 0.895. The normalized spacial score (nSPS) is 11.2. The number of halogens is 1. The van der Waals surface area contributed by atoms with E-state index in [2.05, 4.69) is 57.1 Å².